The van der Waals surface area contributed by atoms with E-state index in [9.17, 15) is 8.42 Å². The number of aromatic nitrogens is 4. The van der Waals surface area contributed by atoms with E-state index in [0.29, 0.717) is 11.6 Å². The first-order valence-corrected chi connectivity index (χ1v) is 9.29. The number of anilines is 2. The van der Waals surface area contributed by atoms with Gasteiger partial charge in [-0.15, -0.1) is 0 Å². The maximum atomic E-state index is 11.1. The Hall–Kier alpha value is -2.68. The third-order valence-corrected chi connectivity index (χ3v) is 4.28. The molecule has 0 aliphatic carbocycles. The van der Waals surface area contributed by atoms with Crippen molar-refractivity contribution in [3.05, 3.63) is 36.8 Å². The Kier molecular flexibility index (Phi) is 4.34. The first-order valence-electron chi connectivity index (χ1n) is 7.23. The molecule has 3 aromatic rings. The SMILES string of the molecule is Cn1ncc2c(Nc3ccc(OCCS(C)(=O)=O)cc3)ncnc21. The molecule has 1 N–H and O–H groups in total. The standard InChI is InChI=1S/C15H17N5O3S/c1-20-15-13(9-18-20)14(16-10-17-15)19-11-3-5-12(6-4-11)23-7-8-24(2,21)22/h3-6,9-10H,7-8H2,1-2H3,(H,16,17,19). The predicted octanol–water partition coefficient (Wildman–Crippen LogP) is 1.53. The second kappa shape index (κ2) is 6.44. The van der Waals surface area contributed by atoms with Crippen molar-refractivity contribution in [1.29, 1.82) is 0 Å². The summed E-state index contributed by atoms with van der Waals surface area (Å²) in [6.45, 7) is 0.133. The van der Waals surface area contributed by atoms with Crippen molar-refractivity contribution in [3.63, 3.8) is 0 Å². The number of nitrogens with one attached hydrogen (secondary N) is 1. The minimum atomic E-state index is -3.02. The number of fused-ring (bicyclic) bond motifs is 1. The average molecular weight is 347 g/mol. The van der Waals surface area contributed by atoms with Crippen molar-refractivity contribution in [3.8, 4) is 5.75 Å². The molecule has 9 heteroatoms. The van der Waals surface area contributed by atoms with E-state index in [4.69, 9.17) is 4.74 Å². The van der Waals surface area contributed by atoms with Gasteiger partial charge < -0.3 is 10.1 Å². The third kappa shape index (κ3) is 3.80. The van der Waals surface area contributed by atoms with Gasteiger partial charge in [-0.25, -0.2) is 18.4 Å². The van der Waals surface area contributed by atoms with E-state index < -0.39 is 9.84 Å². The number of ether oxygens (including phenoxy) is 1. The fourth-order valence-electron chi connectivity index (χ4n) is 2.14. The van der Waals surface area contributed by atoms with Gasteiger partial charge in [-0.2, -0.15) is 5.10 Å². The van der Waals surface area contributed by atoms with Crippen LogP contribution in [0.3, 0.4) is 0 Å². The molecule has 0 amide bonds. The summed E-state index contributed by atoms with van der Waals surface area (Å²) in [5.41, 5.74) is 1.57. The fourth-order valence-corrected chi connectivity index (χ4v) is 2.53. The second-order valence-corrected chi connectivity index (χ2v) is 7.62. The van der Waals surface area contributed by atoms with Gasteiger partial charge in [0.1, 0.15) is 24.5 Å². The molecule has 2 aromatic heterocycles. The smallest absolute Gasteiger partial charge is 0.163 e. The Bertz CT molecular complexity index is 951. The van der Waals surface area contributed by atoms with Crippen molar-refractivity contribution in [1.82, 2.24) is 19.7 Å². The van der Waals surface area contributed by atoms with Gasteiger partial charge in [-0.3, -0.25) is 4.68 Å². The molecular weight excluding hydrogens is 330 g/mol. The fraction of sp³-hybridized carbons (Fsp3) is 0.267. The lowest BCUT2D eigenvalue weighted by atomic mass is 10.3. The van der Waals surface area contributed by atoms with Crippen LogP contribution >= 0.6 is 0 Å². The molecule has 0 aliphatic rings. The number of nitrogens with zero attached hydrogens (tertiary/aromatic N) is 4. The molecule has 8 nitrogen and oxygen atoms in total. The quantitative estimate of drug-likeness (QED) is 0.722. The average Bonchev–Trinajstić information content (AvgIpc) is 2.91. The molecule has 2 heterocycles. The van der Waals surface area contributed by atoms with Gasteiger partial charge in [-0.1, -0.05) is 0 Å². The molecule has 0 unspecified atom stereocenters. The maximum absolute atomic E-state index is 11.1. The van der Waals surface area contributed by atoms with E-state index in [0.717, 1.165) is 16.7 Å². The van der Waals surface area contributed by atoms with Crippen LogP contribution in [0.1, 0.15) is 0 Å². The minimum Gasteiger partial charge on any atom is -0.493 e. The van der Waals surface area contributed by atoms with Gasteiger partial charge in [0.2, 0.25) is 0 Å². The van der Waals surface area contributed by atoms with E-state index in [1.54, 1.807) is 23.0 Å². The Morgan fingerprint density at radius 1 is 1.21 bits per heavy atom. The Morgan fingerprint density at radius 3 is 2.67 bits per heavy atom. The lowest BCUT2D eigenvalue weighted by molar-refractivity contribution is 0.341. The first-order chi connectivity index (χ1) is 11.4. The number of aryl methyl sites for hydroxylation is 1. The van der Waals surface area contributed by atoms with Crippen LogP contribution in [0.2, 0.25) is 0 Å². The molecule has 0 bridgehead atoms. The summed E-state index contributed by atoms with van der Waals surface area (Å²) in [6, 6.07) is 7.21. The zero-order valence-corrected chi connectivity index (χ0v) is 14.1. The van der Waals surface area contributed by atoms with Crippen LogP contribution in [0.15, 0.2) is 36.8 Å². The van der Waals surface area contributed by atoms with E-state index >= 15 is 0 Å². The highest BCUT2D eigenvalue weighted by molar-refractivity contribution is 7.90. The molecule has 0 saturated heterocycles. The van der Waals surface area contributed by atoms with E-state index in [2.05, 4.69) is 20.4 Å². The molecular formula is C15H17N5O3S. The van der Waals surface area contributed by atoms with Crippen LogP contribution in [0.25, 0.3) is 11.0 Å². The molecule has 0 atom stereocenters. The molecule has 0 spiro atoms. The third-order valence-electron chi connectivity index (χ3n) is 3.37. The van der Waals surface area contributed by atoms with Crippen LogP contribution in [-0.4, -0.2) is 46.8 Å². The zero-order chi connectivity index (χ0) is 17.2. The predicted molar refractivity (Wildman–Crippen MR) is 91.2 cm³/mol. The summed E-state index contributed by atoms with van der Waals surface area (Å²) < 4.78 is 29.3. The van der Waals surface area contributed by atoms with E-state index in [1.165, 1.54) is 12.6 Å². The van der Waals surface area contributed by atoms with Gasteiger partial charge in [0.05, 0.1) is 17.3 Å². The van der Waals surface area contributed by atoms with Gasteiger partial charge in [0.15, 0.2) is 15.5 Å². The lowest BCUT2D eigenvalue weighted by Crippen LogP contribution is -2.11. The van der Waals surface area contributed by atoms with Gasteiger partial charge >= 0.3 is 0 Å². The number of benzene rings is 1. The lowest BCUT2D eigenvalue weighted by Gasteiger charge is -2.08. The minimum absolute atomic E-state index is 0.00702. The van der Waals surface area contributed by atoms with Crippen LogP contribution in [-0.2, 0) is 16.9 Å². The second-order valence-electron chi connectivity index (χ2n) is 5.36. The summed E-state index contributed by atoms with van der Waals surface area (Å²) >= 11 is 0. The molecule has 0 saturated carbocycles. The van der Waals surface area contributed by atoms with Crippen LogP contribution in [0, 0.1) is 0 Å². The van der Waals surface area contributed by atoms with Crippen molar-refractivity contribution >= 4 is 32.4 Å². The summed E-state index contributed by atoms with van der Waals surface area (Å²) in [5, 5.41) is 8.21. The van der Waals surface area contributed by atoms with Crippen molar-refractivity contribution in [2.45, 2.75) is 0 Å². The van der Waals surface area contributed by atoms with Crippen molar-refractivity contribution in [2.75, 3.05) is 23.9 Å². The highest BCUT2D eigenvalue weighted by Crippen LogP contribution is 2.23. The molecule has 24 heavy (non-hydrogen) atoms. The van der Waals surface area contributed by atoms with Gasteiger partial charge in [0, 0.05) is 19.0 Å². The van der Waals surface area contributed by atoms with Crippen LogP contribution < -0.4 is 10.1 Å². The number of sulfone groups is 1. The Balaban J connectivity index is 1.69. The highest BCUT2D eigenvalue weighted by atomic mass is 32.2. The summed E-state index contributed by atoms with van der Waals surface area (Å²) in [5.74, 6) is 1.27. The summed E-state index contributed by atoms with van der Waals surface area (Å²) in [6.07, 6.45) is 4.37. The van der Waals surface area contributed by atoms with Gasteiger partial charge in [-0.05, 0) is 24.3 Å². The Morgan fingerprint density at radius 2 is 1.96 bits per heavy atom. The molecule has 1 aromatic carbocycles. The molecule has 0 aliphatic heterocycles. The van der Waals surface area contributed by atoms with E-state index in [1.807, 2.05) is 19.2 Å². The first kappa shape index (κ1) is 16.2. The van der Waals surface area contributed by atoms with E-state index in [-0.39, 0.29) is 12.4 Å². The molecule has 0 fully saturated rings. The molecule has 126 valence electrons. The largest absolute Gasteiger partial charge is 0.493 e. The normalized spacial score (nSPS) is 11.6. The molecule has 3 rings (SSSR count). The zero-order valence-electron chi connectivity index (χ0n) is 13.3. The number of hydrogen-bond acceptors (Lipinski definition) is 7. The van der Waals surface area contributed by atoms with Crippen molar-refractivity contribution < 1.29 is 13.2 Å². The maximum Gasteiger partial charge on any atom is 0.163 e. The number of hydrogen-bond donors (Lipinski definition) is 1. The monoisotopic (exact) mass is 347 g/mol. The van der Waals surface area contributed by atoms with Crippen LogP contribution in [0.5, 0.6) is 5.75 Å². The molecule has 0 radical (unpaired) electrons. The summed E-state index contributed by atoms with van der Waals surface area (Å²) in [4.78, 5) is 8.43. The topological polar surface area (TPSA) is 99.0 Å². The van der Waals surface area contributed by atoms with Gasteiger partial charge in [0.25, 0.3) is 0 Å². The number of rotatable bonds is 6. The summed E-state index contributed by atoms with van der Waals surface area (Å²) in [7, 11) is -1.20. The Labute approximate surface area is 139 Å². The highest BCUT2D eigenvalue weighted by Gasteiger charge is 2.08. The van der Waals surface area contributed by atoms with Crippen molar-refractivity contribution in [2.24, 2.45) is 7.05 Å². The van der Waals surface area contributed by atoms with Crippen LogP contribution in [0.4, 0.5) is 11.5 Å².